The van der Waals surface area contributed by atoms with Crippen LogP contribution in [-0.2, 0) is 20.1 Å². The van der Waals surface area contributed by atoms with Gasteiger partial charge in [-0.3, -0.25) is 9.69 Å². The summed E-state index contributed by atoms with van der Waals surface area (Å²) >= 11 is 0. The Kier molecular flexibility index (Phi) is 4.59. The maximum atomic E-state index is 11.8. The van der Waals surface area contributed by atoms with E-state index in [-0.39, 0.29) is 5.56 Å². The molecule has 6 heteroatoms. The lowest BCUT2D eigenvalue weighted by molar-refractivity contribution is 0.0843. The summed E-state index contributed by atoms with van der Waals surface area (Å²) in [5, 5.41) is 10.6. The molecule has 0 unspecified atom stereocenters. The topological polar surface area (TPSA) is 63.9 Å². The van der Waals surface area contributed by atoms with E-state index < -0.39 is 6.10 Å². The molecule has 0 fully saturated rings. The molecule has 2 heterocycles. The Morgan fingerprint density at radius 1 is 1.21 bits per heavy atom. The summed E-state index contributed by atoms with van der Waals surface area (Å²) in [6, 6.07) is 7.22. The van der Waals surface area contributed by atoms with Gasteiger partial charge < -0.3 is 19.1 Å². The van der Waals surface area contributed by atoms with Crippen molar-refractivity contribution >= 4 is 0 Å². The highest BCUT2D eigenvalue weighted by Crippen LogP contribution is 2.39. The number of nitrogens with zero attached hydrogens (tertiary/aromatic N) is 2. The van der Waals surface area contributed by atoms with Crippen LogP contribution in [0.1, 0.15) is 22.8 Å². The fourth-order valence-corrected chi connectivity index (χ4v) is 3.21. The van der Waals surface area contributed by atoms with Gasteiger partial charge in [-0.25, -0.2) is 0 Å². The van der Waals surface area contributed by atoms with Crippen molar-refractivity contribution in [1.29, 1.82) is 0 Å². The van der Waals surface area contributed by atoms with Gasteiger partial charge in [0, 0.05) is 50.1 Å². The second-order valence-electron chi connectivity index (χ2n) is 6.03. The Morgan fingerprint density at radius 3 is 2.58 bits per heavy atom. The van der Waals surface area contributed by atoms with E-state index in [1.807, 2.05) is 18.2 Å². The molecule has 1 atom stereocenters. The molecule has 2 aromatic rings. The summed E-state index contributed by atoms with van der Waals surface area (Å²) in [5.74, 6) is 1.41. The van der Waals surface area contributed by atoms with Crippen molar-refractivity contribution in [2.75, 3.05) is 20.8 Å². The summed E-state index contributed by atoms with van der Waals surface area (Å²) in [6.45, 7) is 1.70. The predicted molar refractivity (Wildman–Crippen MR) is 90.3 cm³/mol. The molecule has 0 saturated carbocycles. The Balaban J connectivity index is 1.91. The minimum Gasteiger partial charge on any atom is -0.496 e. The van der Waals surface area contributed by atoms with Gasteiger partial charge in [0.2, 0.25) is 0 Å². The van der Waals surface area contributed by atoms with Gasteiger partial charge in [-0.2, -0.15) is 0 Å². The lowest BCUT2D eigenvalue weighted by Gasteiger charge is -2.34. The Morgan fingerprint density at radius 2 is 1.92 bits per heavy atom. The first-order chi connectivity index (χ1) is 11.5. The number of fused-ring (bicyclic) bond motifs is 1. The maximum absolute atomic E-state index is 11.8. The van der Waals surface area contributed by atoms with Crippen LogP contribution in [0.4, 0.5) is 0 Å². The molecule has 1 N–H and O–H groups in total. The standard InChI is InChI=1S/C18H22N2O4/c1-19-7-6-12(8-17(19)22)9-20-10-13-15(23-2)4-5-16(24-3)18(13)14(21)11-20/h4-8,14,21H,9-11H2,1-3H3/t14-/m1/s1. The van der Waals surface area contributed by atoms with Gasteiger partial charge in [-0.15, -0.1) is 0 Å². The molecular formula is C18H22N2O4. The lowest BCUT2D eigenvalue weighted by Crippen LogP contribution is -2.34. The molecular weight excluding hydrogens is 308 g/mol. The average Bonchev–Trinajstić information content (AvgIpc) is 2.57. The number of aliphatic hydroxyl groups is 1. The van der Waals surface area contributed by atoms with Gasteiger partial charge in [0.05, 0.1) is 20.3 Å². The van der Waals surface area contributed by atoms with E-state index in [2.05, 4.69) is 4.90 Å². The van der Waals surface area contributed by atoms with Crippen LogP contribution in [0.3, 0.4) is 0 Å². The van der Waals surface area contributed by atoms with E-state index in [4.69, 9.17) is 9.47 Å². The monoisotopic (exact) mass is 330 g/mol. The van der Waals surface area contributed by atoms with Crippen molar-refractivity contribution in [1.82, 2.24) is 9.47 Å². The average molecular weight is 330 g/mol. The minimum absolute atomic E-state index is 0.0373. The van der Waals surface area contributed by atoms with Crippen LogP contribution in [0.2, 0.25) is 0 Å². The van der Waals surface area contributed by atoms with Crippen molar-refractivity contribution < 1.29 is 14.6 Å². The molecule has 0 bridgehead atoms. The third-order valence-electron chi connectivity index (χ3n) is 4.43. The molecule has 1 aliphatic rings. The van der Waals surface area contributed by atoms with Crippen molar-refractivity contribution in [3.05, 3.63) is 57.5 Å². The van der Waals surface area contributed by atoms with E-state index in [1.165, 1.54) is 4.57 Å². The Bertz CT molecular complexity index is 800. The molecule has 3 rings (SSSR count). The van der Waals surface area contributed by atoms with Crippen molar-refractivity contribution in [2.24, 2.45) is 7.05 Å². The Labute approximate surface area is 140 Å². The van der Waals surface area contributed by atoms with E-state index in [9.17, 15) is 9.90 Å². The van der Waals surface area contributed by atoms with Gasteiger partial charge in [-0.05, 0) is 23.8 Å². The predicted octanol–water partition coefficient (Wildman–Crippen LogP) is 1.45. The highest BCUT2D eigenvalue weighted by Gasteiger charge is 2.29. The molecule has 0 amide bonds. The zero-order valence-electron chi connectivity index (χ0n) is 14.2. The second kappa shape index (κ2) is 6.67. The SMILES string of the molecule is COc1ccc(OC)c2c1CN(Cc1ccn(C)c(=O)c1)C[C@H]2O. The van der Waals surface area contributed by atoms with Crippen LogP contribution >= 0.6 is 0 Å². The summed E-state index contributed by atoms with van der Waals surface area (Å²) in [7, 11) is 4.94. The van der Waals surface area contributed by atoms with Gasteiger partial charge >= 0.3 is 0 Å². The highest BCUT2D eigenvalue weighted by atomic mass is 16.5. The molecule has 24 heavy (non-hydrogen) atoms. The molecule has 128 valence electrons. The first-order valence-corrected chi connectivity index (χ1v) is 7.83. The fourth-order valence-electron chi connectivity index (χ4n) is 3.21. The minimum atomic E-state index is -0.662. The summed E-state index contributed by atoms with van der Waals surface area (Å²) in [5.41, 5.74) is 2.61. The molecule has 0 aliphatic carbocycles. The molecule has 0 saturated heterocycles. The fraction of sp³-hybridized carbons (Fsp3) is 0.389. The van der Waals surface area contributed by atoms with Gasteiger partial charge in [0.25, 0.3) is 5.56 Å². The molecule has 1 aliphatic heterocycles. The van der Waals surface area contributed by atoms with E-state index in [1.54, 1.807) is 33.5 Å². The van der Waals surface area contributed by atoms with Crippen molar-refractivity contribution in [3.8, 4) is 11.5 Å². The van der Waals surface area contributed by atoms with Crippen LogP contribution in [-0.4, -0.2) is 35.3 Å². The van der Waals surface area contributed by atoms with Crippen LogP contribution in [0.15, 0.2) is 35.3 Å². The maximum Gasteiger partial charge on any atom is 0.250 e. The number of pyridine rings is 1. The molecule has 6 nitrogen and oxygen atoms in total. The van der Waals surface area contributed by atoms with E-state index in [0.717, 1.165) is 22.4 Å². The van der Waals surface area contributed by atoms with E-state index >= 15 is 0 Å². The zero-order chi connectivity index (χ0) is 17.3. The van der Waals surface area contributed by atoms with Crippen LogP contribution < -0.4 is 15.0 Å². The lowest BCUT2D eigenvalue weighted by atomic mass is 9.95. The number of aryl methyl sites for hydroxylation is 1. The zero-order valence-corrected chi connectivity index (χ0v) is 14.2. The van der Waals surface area contributed by atoms with E-state index in [0.29, 0.717) is 25.4 Å². The number of benzene rings is 1. The van der Waals surface area contributed by atoms with Crippen LogP contribution in [0.5, 0.6) is 11.5 Å². The van der Waals surface area contributed by atoms with Crippen LogP contribution in [0.25, 0.3) is 0 Å². The van der Waals surface area contributed by atoms with Crippen molar-refractivity contribution in [3.63, 3.8) is 0 Å². The molecule has 1 aromatic heterocycles. The smallest absolute Gasteiger partial charge is 0.250 e. The first-order valence-electron chi connectivity index (χ1n) is 7.83. The van der Waals surface area contributed by atoms with Gasteiger partial charge in [-0.1, -0.05) is 0 Å². The number of ether oxygens (including phenoxy) is 2. The number of β-amino-alcohol motifs (C(OH)–C–C–N with tert-alkyl or cyclic N) is 1. The summed E-state index contributed by atoms with van der Waals surface area (Å²) in [4.78, 5) is 13.9. The number of hydrogen-bond donors (Lipinski definition) is 1. The third kappa shape index (κ3) is 3.02. The molecule has 0 radical (unpaired) electrons. The molecule has 1 aromatic carbocycles. The number of methoxy groups -OCH3 is 2. The molecule has 0 spiro atoms. The normalized spacial score (nSPS) is 17.4. The summed E-state index contributed by atoms with van der Waals surface area (Å²) < 4.78 is 12.4. The third-order valence-corrected chi connectivity index (χ3v) is 4.43. The highest BCUT2D eigenvalue weighted by molar-refractivity contribution is 5.51. The summed E-state index contributed by atoms with van der Waals surface area (Å²) in [6.07, 6.45) is 1.10. The van der Waals surface area contributed by atoms with Crippen molar-refractivity contribution in [2.45, 2.75) is 19.2 Å². The number of rotatable bonds is 4. The Hall–Kier alpha value is -2.31. The second-order valence-corrected chi connectivity index (χ2v) is 6.03. The number of aromatic nitrogens is 1. The quantitative estimate of drug-likeness (QED) is 0.919. The number of aliphatic hydroxyl groups excluding tert-OH is 1. The largest absolute Gasteiger partial charge is 0.496 e. The van der Waals surface area contributed by atoms with Crippen LogP contribution in [0, 0.1) is 0 Å². The van der Waals surface area contributed by atoms with Gasteiger partial charge in [0.1, 0.15) is 11.5 Å². The van der Waals surface area contributed by atoms with Gasteiger partial charge in [0.15, 0.2) is 0 Å². The first kappa shape index (κ1) is 16.5. The number of hydrogen-bond acceptors (Lipinski definition) is 5.